The van der Waals surface area contributed by atoms with Crippen LogP contribution in [0.3, 0.4) is 0 Å². The van der Waals surface area contributed by atoms with Gasteiger partial charge >= 0.3 is 5.97 Å². The van der Waals surface area contributed by atoms with Crippen LogP contribution in [0.1, 0.15) is 56.0 Å². The van der Waals surface area contributed by atoms with Crippen molar-refractivity contribution < 1.29 is 28.4 Å². The molecule has 3 rings (SSSR count). The maximum atomic E-state index is 13.8. The predicted octanol–water partition coefficient (Wildman–Crippen LogP) is 4.39. The van der Waals surface area contributed by atoms with Crippen LogP contribution in [-0.2, 0) is 20.7 Å². The number of nitro benzene ring substituents is 1. The Balaban J connectivity index is 1.85. The van der Waals surface area contributed by atoms with Gasteiger partial charge in [0.1, 0.15) is 17.1 Å². The molecule has 9 nitrogen and oxygen atoms in total. The highest BCUT2D eigenvalue weighted by Gasteiger charge is 2.28. The van der Waals surface area contributed by atoms with Gasteiger partial charge in [0.2, 0.25) is 5.91 Å². The highest BCUT2D eigenvalue weighted by molar-refractivity contribution is 6.06. The number of amides is 2. The van der Waals surface area contributed by atoms with Crippen LogP contribution in [0.4, 0.5) is 21.5 Å². The number of nitrogens with one attached hydrogen (secondary N) is 1. The van der Waals surface area contributed by atoms with Crippen molar-refractivity contribution in [1.29, 1.82) is 0 Å². The molecule has 34 heavy (non-hydrogen) atoms. The number of hydrogen-bond acceptors (Lipinski definition) is 6. The summed E-state index contributed by atoms with van der Waals surface area (Å²) in [7, 11) is 0. The Bertz CT molecular complexity index is 1140. The molecule has 1 aliphatic heterocycles. The van der Waals surface area contributed by atoms with Gasteiger partial charge in [0.25, 0.3) is 11.6 Å². The molecule has 1 aliphatic rings. The Morgan fingerprint density at radius 3 is 2.56 bits per heavy atom. The van der Waals surface area contributed by atoms with Crippen molar-refractivity contribution in [1.82, 2.24) is 0 Å². The Kier molecular flexibility index (Phi) is 7.29. The lowest BCUT2D eigenvalue weighted by molar-refractivity contribution is -0.384. The summed E-state index contributed by atoms with van der Waals surface area (Å²) >= 11 is 0. The van der Waals surface area contributed by atoms with Crippen molar-refractivity contribution >= 4 is 34.8 Å². The van der Waals surface area contributed by atoms with E-state index in [1.165, 1.54) is 23.1 Å². The molecule has 2 amide bonds. The number of piperidine rings is 1. The number of hydrogen-bond donors (Lipinski definition) is 1. The fourth-order valence-electron chi connectivity index (χ4n) is 3.66. The molecular formula is C24H26FN3O6. The monoisotopic (exact) mass is 471 g/mol. The van der Waals surface area contributed by atoms with E-state index in [0.29, 0.717) is 13.0 Å². The minimum Gasteiger partial charge on any atom is -0.460 e. The third-order valence-electron chi connectivity index (χ3n) is 5.12. The number of carbonyl (C=O) groups excluding carboxylic acids is 3. The topological polar surface area (TPSA) is 119 Å². The lowest BCUT2D eigenvalue weighted by Crippen LogP contribution is -2.35. The standard InChI is InChI=1S/C24H26FN3O6/c1-24(2,3)34-22(30)14-16-12-17(25)8-9-18(16)26-23(31)15-7-10-19(20(13-15)28(32)33)27-11-5-4-6-21(27)29/h7-10,12-13H,4-6,11,14H2,1-3H3,(H,26,31). The molecule has 0 aliphatic carbocycles. The minimum atomic E-state index is -0.732. The highest BCUT2D eigenvalue weighted by atomic mass is 19.1. The number of nitro groups is 1. The van der Waals surface area contributed by atoms with Crippen LogP contribution in [0.15, 0.2) is 36.4 Å². The van der Waals surface area contributed by atoms with Crippen LogP contribution in [0.2, 0.25) is 0 Å². The van der Waals surface area contributed by atoms with Crippen molar-refractivity contribution in [3.63, 3.8) is 0 Å². The van der Waals surface area contributed by atoms with Crippen LogP contribution in [0.25, 0.3) is 0 Å². The smallest absolute Gasteiger partial charge is 0.310 e. The van der Waals surface area contributed by atoms with E-state index in [1.54, 1.807) is 20.8 Å². The van der Waals surface area contributed by atoms with Gasteiger partial charge in [0.05, 0.1) is 11.3 Å². The molecule has 1 saturated heterocycles. The summed E-state index contributed by atoms with van der Waals surface area (Å²) in [4.78, 5) is 49.7. The molecule has 0 atom stereocenters. The Hall–Kier alpha value is -3.82. The van der Waals surface area contributed by atoms with E-state index in [1.807, 2.05) is 0 Å². The zero-order valence-electron chi connectivity index (χ0n) is 19.2. The summed E-state index contributed by atoms with van der Waals surface area (Å²) in [5.74, 6) is -2.08. The van der Waals surface area contributed by atoms with Crippen molar-refractivity contribution in [3.8, 4) is 0 Å². The summed E-state index contributed by atoms with van der Waals surface area (Å²) in [5, 5.41) is 14.3. The van der Waals surface area contributed by atoms with Crippen LogP contribution in [0.5, 0.6) is 0 Å². The molecule has 0 aromatic heterocycles. The van der Waals surface area contributed by atoms with E-state index in [9.17, 15) is 28.9 Å². The Morgan fingerprint density at radius 1 is 1.18 bits per heavy atom. The normalized spacial score (nSPS) is 14.0. The van der Waals surface area contributed by atoms with Crippen molar-refractivity contribution in [3.05, 3.63) is 63.5 Å². The summed E-state index contributed by atoms with van der Waals surface area (Å²) < 4.78 is 19.1. The largest absolute Gasteiger partial charge is 0.460 e. The van der Waals surface area contributed by atoms with Crippen LogP contribution >= 0.6 is 0 Å². The molecule has 0 spiro atoms. The molecule has 2 aromatic carbocycles. The average Bonchev–Trinajstić information content (AvgIpc) is 2.74. The number of esters is 1. The van der Waals surface area contributed by atoms with Gasteiger partial charge in [-0.3, -0.25) is 24.5 Å². The summed E-state index contributed by atoms with van der Waals surface area (Å²) in [6.07, 6.45) is 1.49. The fraction of sp³-hybridized carbons (Fsp3) is 0.375. The fourth-order valence-corrected chi connectivity index (χ4v) is 3.66. The van der Waals surface area contributed by atoms with Gasteiger partial charge in [-0.15, -0.1) is 0 Å². The van der Waals surface area contributed by atoms with Gasteiger partial charge in [-0.1, -0.05) is 0 Å². The second-order valence-electron chi connectivity index (χ2n) is 8.98. The zero-order chi connectivity index (χ0) is 25.0. The van der Waals surface area contributed by atoms with Crippen LogP contribution in [0, 0.1) is 15.9 Å². The van der Waals surface area contributed by atoms with Gasteiger partial charge < -0.3 is 15.0 Å². The van der Waals surface area contributed by atoms with Crippen LogP contribution < -0.4 is 10.2 Å². The SMILES string of the molecule is CC(C)(C)OC(=O)Cc1cc(F)ccc1NC(=O)c1ccc(N2CCCCC2=O)c([N+](=O)[O-])c1. The van der Waals surface area contributed by atoms with Gasteiger partial charge in [-0.05, 0) is 69.5 Å². The molecule has 1 fully saturated rings. The highest BCUT2D eigenvalue weighted by Crippen LogP contribution is 2.32. The molecule has 1 N–H and O–H groups in total. The number of benzene rings is 2. The third-order valence-corrected chi connectivity index (χ3v) is 5.12. The van der Waals surface area contributed by atoms with E-state index in [4.69, 9.17) is 4.74 Å². The van der Waals surface area contributed by atoms with E-state index in [0.717, 1.165) is 31.0 Å². The first kappa shape index (κ1) is 24.8. The van der Waals surface area contributed by atoms with E-state index in [-0.39, 0.29) is 40.5 Å². The number of nitrogens with zero attached hydrogens (tertiary/aromatic N) is 2. The van der Waals surface area contributed by atoms with Crippen molar-refractivity contribution in [2.24, 2.45) is 0 Å². The lowest BCUT2D eigenvalue weighted by atomic mass is 10.1. The molecule has 0 bridgehead atoms. The number of halogens is 1. The second kappa shape index (κ2) is 9.98. The third kappa shape index (κ3) is 6.15. The molecule has 0 saturated carbocycles. The summed E-state index contributed by atoms with van der Waals surface area (Å²) in [6.45, 7) is 5.47. The van der Waals surface area contributed by atoms with Gasteiger partial charge in [0.15, 0.2) is 0 Å². The maximum absolute atomic E-state index is 13.8. The number of anilines is 2. The lowest BCUT2D eigenvalue weighted by Gasteiger charge is -2.26. The number of rotatable bonds is 6. The number of ether oxygens (including phenoxy) is 1. The zero-order valence-corrected chi connectivity index (χ0v) is 19.2. The van der Waals surface area contributed by atoms with Gasteiger partial charge in [0, 0.05) is 30.3 Å². The van der Waals surface area contributed by atoms with Crippen LogP contribution in [-0.4, -0.2) is 34.9 Å². The maximum Gasteiger partial charge on any atom is 0.310 e. The Morgan fingerprint density at radius 2 is 1.91 bits per heavy atom. The molecule has 0 radical (unpaired) electrons. The summed E-state index contributed by atoms with van der Waals surface area (Å²) in [5.41, 5.74) is -0.602. The molecule has 180 valence electrons. The van der Waals surface area contributed by atoms with E-state index >= 15 is 0 Å². The Labute approximate surface area is 196 Å². The van der Waals surface area contributed by atoms with Gasteiger partial charge in [-0.25, -0.2) is 4.39 Å². The molecule has 2 aromatic rings. The molecule has 1 heterocycles. The molecular weight excluding hydrogens is 445 g/mol. The van der Waals surface area contributed by atoms with E-state index in [2.05, 4.69) is 5.32 Å². The second-order valence-corrected chi connectivity index (χ2v) is 8.98. The van der Waals surface area contributed by atoms with Gasteiger partial charge in [-0.2, -0.15) is 0 Å². The number of carbonyl (C=O) groups is 3. The first-order valence-electron chi connectivity index (χ1n) is 10.8. The predicted molar refractivity (Wildman–Crippen MR) is 123 cm³/mol. The first-order chi connectivity index (χ1) is 15.9. The molecule has 10 heteroatoms. The minimum absolute atomic E-state index is 0.0209. The first-order valence-corrected chi connectivity index (χ1v) is 10.8. The average molecular weight is 471 g/mol. The summed E-state index contributed by atoms with van der Waals surface area (Å²) in [6, 6.07) is 7.42. The van der Waals surface area contributed by atoms with Crippen molar-refractivity contribution in [2.45, 2.75) is 52.1 Å². The quantitative estimate of drug-likeness (QED) is 0.379. The molecule has 0 unspecified atom stereocenters. The van der Waals surface area contributed by atoms with Crippen molar-refractivity contribution in [2.75, 3.05) is 16.8 Å². The van der Waals surface area contributed by atoms with E-state index < -0.39 is 28.2 Å².